The Morgan fingerprint density at radius 1 is 1.27 bits per heavy atom. The molecule has 0 saturated carbocycles. The molecule has 0 aliphatic carbocycles. The second-order valence-electron chi connectivity index (χ2n) is 6.29. The van der Waals surface area contributed by atoms with Crippen molar-refractivity contribution in [1.82, 2.24) is 19.5 Å². The maximum absolute atomic E-state index is 12.3. The van der Waals surface area contributed by atoms with Gasteiger partial charge >= 0.3 is 0 Å². The monoisotopic (exact) mass is 390 g/mol. The van der Waals surface area contributed by atoms with Gasteiger partial charge in [0, 0.05) is 26.2 Å². The Hall–Kier alpha value is -2.16. The molecule has 26 heavy (non-hydrogen) atoms. The Morgan fingerprint density at radius 2 is 2.04 bits per heavy atom. The third-order valence-corrected chi connectivity index (χ3v) is 5.62. The molecule has 1 amide bonds. The van der Waals surface area contributed by atoms with Crippen LogP contribution in [-0.2, 0) is 4.79 Å². The third-order valence-electron chi connectivity index (χ3n) is 4.31. The number of para-hydroxylation sites is 1. The first kappa shape index (κ1) is 17.3. The van der Waals surface area contributed by atoms with Crippen molar-refractivity contribution in [2.75, 3.05) is 42.9 Å². The fraction of sp³-hybridized carbons (Fsp3) is 0.353. The first-order valence-electron chi connectivity index (χ1n) is 8.43. The number of benzene rings is 1. The summed E-state index contributed by atoms with van der Waals surface area (Å²) >= 11 is 7.68. The molecule has 0 atom stereocenters. The normalized spacial score (nSPS) is 15.5. The SMILES string of the molecule is Cc1cn2nc(N3CCN(CC(=O)Nc4ccccc4Cl)CC3)sc2n1. The van der Waals surface area contributed by atoms with Gasteiger partial charge in [-0.3, -0.25) is 9.69 Å². The van der Waals surface area contributed by atoms with E-state index < -0.39 is 0 Å². The Balaban J connectivity index is 1.31. The highest BCUT2D eigenvalue weighted by Crippen LogP contribution is 2.24. The maximum atomic E-state index is 12.3. The summed E-state index contributed by atoms with van der Waals surface area (Å²) in [6.07, 6.45) is 1.94. The quantitative estimate of drug-likeness (QED) is 0.741. The van der Waals surface area contributed by atoms with Gasteiger partial charge < -0.3 is 10.2 Å². The Kier molecular flexibility index (Phi) is 4.80. The Bertz CT molecular complexity index is 899. The number of rotatable bonds is 4. The molecular weight excluding hydrogens is 372 g/mol. The molecule has 7 nitrogen and oxygen atoms in total. The second-order valence-corrected chi connectivity index (χ2v) is 7.63. The molecule has 4 rings (SSSR count). The maximum Gasteiger partial charge on any atom is 0.238 e. The van der Waals surface area contributed by atoms with Crippen LogP contribution in [0.4, 0.5) is 10.8 Å². The summed E-state index contributed by atoms with van der Waals surface area (Å²) in [4.78, 5) is 22.0. The lowest BCUT2D eigenvalue weighted by atomic mass is 10.3. The molecule has 1 aliphatic heterocycles. The number of nitrogens with one attached hydrogen (secondary N) is 1. The van der Waals surface area contributed by atoms with Gasteiger partial charge in [-0.05, 0) is 19.1 Å². The number of fused-ring (bicyclic) bond motifs is 1. The van der Waals surface area contributed by atoms with E-state index in [2.05, 4.69) is 25.2 Å². The minimum Gasteiger partial charge on any atom is -0.344 e. The van der Waals surface area contributed by atoms with Crippen molar-refractivity contribution < 1.29 is 4.79 Å². The van der Waals surface area contributed by atoms with Crippen LogP contribution in [0.3, 0.4) is 0 Å². The molecule has 2 aromatic heterocycles. The van der Waals surface area contributed by atoms with Crippen LogP contribution in [0.1, 0.15) is 5.69 Å². The molecule has 0 spiro atoms. The van der Waals surface area contributed by atoms with E-state index in [1.165, 1.54) is 0 Å². The average Bonchev–Trinajstić information content (AvgIpc) is 3.15. The van der Waals surface area contributed by atoms with E-state index in [1.807, 2.05) is 29.8 Å². The van der Waals surface area contributed by atoms with E-state index in [-0.39, 0.29) is 5.91 Å². The molecule has 1 aromatic carbocycles. The second kappa shape index (κ2) is 7.22. The molecule has 136 valence electrons. The van der Waals surface area contributed by atoms with Crippen molar-refractivity contribution in [3.8, 4) is 0 Å². The van der Waals surface area contributed by atoms with Crippen LogP contribution >= 0.6 is 22.9 Å². The molecule has 3 aromatic rings. The standard InChI is InChI=1S/C17H19ClN6OS/c1-12-10-24-16(19-12)26-17(21-24)23-8-6-22(7-9-23)11-15(25)20-14-5-3-2-4-13(14)18/h2-5,10H,6-9,11H2,1H3,(H,20,25). The first-order valence-corrected chi connectivity index (χ1v) is 9.62. The lowest BCUT2D eigenvalue weighted by Crippen LogP contribution is -2.48. The van der Waals surface area contributed by atoms with E-state index in [1.54, 1.807) is 23.5 Å². The fourth-order valence-corrected chi connectivity index (χ4v) is 4.14. The van der Waals surface area contributed by atoms with Crippen LogP contribution < -0.4 is 10.2 Å². The minimum absolute atomic E-state index is 0.0465. The molecule has 0 radical (unpaired) electrons. The highest BCUT2D eigenvalue weighted by Gasteiger charge is 2.22. The van der Waals surface area contributed by atoms with Gasteiger partial charge in [-0.15, -0.1) is 5.10 Å². The molecule has 9 heteroatoms. The molecule has 1 aliphatic rings. The summed E-state index contributed by atoms with van der Waals surface area (Å²) in [5.74, 6) is -0.0465. The zero-order chi connectivity index (χ0) is 18.1. The van der Waals surface area contributed by atoms with Crippen LogP contribution in [-0.4, -0.2) is 58.1 Å². The number of piperazine rings is 1. The summed E-state index contributed by atoms with van der Waals surface area (Å²) < 4.78 is 1.83. The van der Waals surface area contributed by atoms with Gasteiger partial charge in [0.15, 0.2) is 0 Å². The minimum atomic E-state index is -0.0465. The molecule has 3 heterocycles. The number of nitrogens with zero attached hydrogens (tertiary/aromatic N) is 5. The van der Waals surface area contributed by atoms with Crippen molar-refractivity contribution in [1.29, 1.82) is 0 Å². The smallest absolute Gasteiger partial charge is 0.238 e. The average molecular weight is 391 g/mol. The fourth-order valence-electron chi connectivity index (χ4n) is 2.98. The largest absolute Gasteiger partial charge is 0.344 e. The summed E-state index contributed by atoms with van der Waals surface area (Å²) in [5.41, 5.74) is 1.63. The molecule has 0 bridgehead atoms. The van der Waals surface area contributed by atoms with Crippen molar-refractivity contribution in [2.24, 2.45) is 0 Å². The van der Waals surface area contributed by atoms with E-state index in [9.17, 15) is 4.79 Å². The van der Waals surface area contributed by atoms with E-state index in [0.29, 0.717) is 17.3 Å². The number of imidazole rings is 1. The molecule has 1 saturated heterocycles. The Labute approximate surface area is 160 Å². The summed E-state index contributed by atoms with van der Waals surface area (Å²) in [6, 6.07) is 7.27. The van der Waals surface area contributed by atoms with Crippen LogP contribution in [0.15, 0.2) is 30.5 Å². The summed E-state index contributed by atoms with van der Waals surface area (Å²) in [5, 5.41) is 9.00. The number of hydrogen-bond acceptors (Lipinski definition) is 6. The van der Waals surface area contributed by atoms with Crippen LogP contribution in [0.25, 0.3) is 4.96 Å². The van der Waals surface area contributed by atoms with Gasteiger partial charge in [-0.25, -0.2) is 9.50 Å². The molecular formula is C17H19ClN6OS. The lowest BCUT2D eigenvalue weighted by molar-refractivity contribution is -0.117. The third kappa shape index (κ3) is 3.67. The summed E-state index contributed by atoms with van der Waals surface area (Å²) in [6.45, 7) is 5.64. The van der Waals surface area contributed by atoms with Gasteiger partial charge in [-0.1, -0.05) is 35.1 Å². The molecule has 1 N–H and O–H groups in total. The van der Waals surface area contributed by atoms with Crippen molar-refractivity contribution in [3.63, 3.8) is 0 Å². The van der Waals surface area contributed by atoms with E-state index >= 15 is 0 Å². The van der Waals surface area contributed by atoms with Gasteiger partial charge in [0.1, 0.15) is 0 Å². The van der Waals surface area contributed by atoms with Gasteiger partial charge in [0.25, 0.3) is 0 Å². The topological polar surface area (TPSA) is 65.8 Å². The molecule has 1 fully saturated rings. The van der Waals surface area contributed by atoms with Gasteiger partial charge in [0.05, 0.1) is 29.1 Å². The number of anilines is 2. The number of amides is 1. The lowest BCUT2D eigenvalue weighted by Gasteiger charge is -2.33. The van der Waals surface area contributed by atoms with Crippen LogP contribution in [0, 0.1) is 6.92 Å². The van der Waals surface area contributed by atoms with Gasteiger partial charge in [0.2, 0.25) is 16.0 Å². The van der Waals surface area contributed by atoms with E-state index in [0.717, 1.165) is 42.0 Å². The van der Waals surface area contributed by atoms with Crippen molar-refractivity contribution >= 4 is 44.6 Å². The zero-order valence-electron chi connectivity index (χ0n) is 14.4. The van der Waals surface area contributed by atoms with Crippen LogP contribution in [0.2, 0.25) is 5.02 Å². The predicted octanol–water partition coefficient (Wildman–Crippen LogP) is 2.51. The first-order chi connectivity index (χ1) is 12.6. The van der Waals surface area contributed by atoms with Crippen LogP contribution in [0.5, 0.6) is 0 Å². The van der Waals surface area contributed by atoms with Gasteiger partial charge in [-0.2, -0.15) is 0 Å². The molecule has 0 unspecified atom stereocenters. The highest BCUT2D eigenvalue weighted by atomic mass is 35.5. The number of aromatic nitrogens is 3. The highest BCUT2D eigenvalue weighted by molar-refractivity contribution is 7.20. The van der Waals surface area contributed by atoms with Crippen molar-refractivity contribution in [3.05, 3.63) is 41.2 Å². The Morgan fingerprint density at radius 3 is 2.77 bits per heavy atom. The number of hydrogen-bond donors (Lipinski definition) is 1. The number of carbonyl (C=O) groups is 1. The zero-order valence-corrected chi connectivity index (χ0v) is 15.9. The summed E-state index contributed by atoms with van der Waals surface area (Å²) in [7, 11) is 0. The van der Waals surface area contributed by atoms with E-state index in [4.69, 9.17) is 11.6 Å². The number of halogens is 1. The number of aryl methyl sites for hydroxylation is 1. The number of carbonyl (C=O) groups excluding carboxylic acids is 1. The van der Waals surface area contributed by atoms with Crippen molar-refractivity contribution in [2.45, 2.75) is 6.92 Å². The predicted molar refractivity (Wildman–Crippen MR) is 104 cm³/mol.